The van der Waals surface area contributed by atoms with Gasteiger partial charge in [0.1, 0.15) is 6.10 Å². The molecule has 6 heteroatoms. The topological polar surface area (TPSA) is 29.5 Å². The third kappa shape index (κ3) is 2.44. The fourth-order valence-corrected chi connectivity index (χ4v) is 7.35. The molecule has 4 heterocycles. The molecule has 4 atom stereocenters. The summed E-state index contributed by atoms with van der Waals surface area (Å²) in [5.74, 6) is 0.915. The zero-order valence-electron chi connectivity index (χ0n) is 13.3. The van der Waals surface area contributed by atoms with Crippen LogP contribution in [0.25, 0.3) is 0 Å². The van der Waals surface area contributed by atoms with Crippen molar-refractivity contribution in [3.05, 3.63) is 70.7 Å². The SMILES string of the molecule is O=C1[C@H]2[C@@H](c3ccc(Cl)cc3)O[C@]3(SCCN13)S[C@H]2c1ccccc1. The highest BCUT2D eigenvalue weighted by Crippen LogP contribution is 2.66. The number of ether oxygens (including phenoxy) is 1. The standard InChI is InChI=1S/C19H16ClNO2S2/c20-14-8-6-12(7-9-14)16-15-17(13-4-2-1-3-5-13)25-19(23-16)21(18(15)22)10-11-24-19/h1-9,15-17H,10-11H2/t15-,16+,17-,19+/m0/s1. The van der Waals surface area contributed by atoms with E-state index >= 15 is 0 Å². The molecule has 4 fully saturated rings. The third-order valence-corrected chi connectivity index (χ3v) is 8.41. The maximum Gasteiger partial charge on any atom is 0.243 e. The van der Waals surface area contributed by atoms with Crippen molar-refractivity contribution in [3.8, 4) is 0 Å². The molecule has 1 amide bonds. The van der Waals surface area contributed by atoms with Gasteiger partial charge in [-0.1, -0.05) is 77.6 Å². The lowest BCUT2D eigenvalue weighted by Crippen LogP contribution is -2.60. The van der Waals surface area contributed by atoms with E-state index in [4.69, 9.17) is 16.3 Å². The van der Waals surface area contributed by atoms with E-state index in [9.17, 15) is 4.79 Å². The number of hydrogen-bond donors (Lipinski definition) is 0. The molecular weight excluding hydrogens is 374 g/mol. The number of hydrogen-bond acceptors (Lipinski definition) is 4. The molecule has 2 aromatic carbocycles. The number of carbonyl (C=O) groups excluding carboxylic acids is 1. The Morgan fingerprint density at radius 1 is 1.08 bits per heavy atom. The van der Waals surface area contributed by atoms with E-state index < -0.39 is 4.39 Å². The van der Waals surface area contributed by atoms with Gasteiger partial charge in [0.2, 0.25) is 10.3 Å². The minimum atomic E-state index is -0.601. The highest BCUT2D eigenvalue weighted by atomic mass is 35.5. The maximum atomic E-state index is 13.3. The summed E-state index contributed by atoms with van der Waals surface area (Å²) in [5.41, 5.74) is 2.22. The van der Waals surface area contributed by atoms with Crippen molar-refractivity contribution in [2.24, 2.45) is 5.92 Å². The van der Waals surface area contributed by atoms with Crippen LogP contribution in [0, 0.1) is 5.92 Å². The van der Waals surface area contributed by atoms with Crippen molar-refractivity contribution < 1.29 is 9.53 Å². The lowest BCUT2D eigenvalue weighted by Gasteiger charge is -2.55. The lowest BCUT2D eigenvalue weighted by molar-refractivity contribution is -0.182. The number of rotatable bonds is 2. The van der Waals surface area contributed by atoms with Gasteiger partial charge in [-0.25, -0.2) is 0 Å². The number of nitrogens with zero attached hydrogens (tertiary/aromatic N) is 1. The maximum absolute atomic E-state index is 13.3. The molecule has 3 nitrogen and oxygen atoms in total. The Kier molecular flexibility index (Phi) is 3.82. The number of fused-ring (bicyclic) bond motifs is 2. The van der Waals surface area contributed by atoms with Crippen LogP contribution >= 0.6 is 35.1 Å². The Balaban J connectivity index is 1.61. The van der Waals surface area contributed by atoms with Gasteiger partial charge in [-0.3, -0.25) is 9.69 Å². The van der Waals surface area contributed by atoms with Gasteiger partial charge in [0, 0.05) is 22.6 Å². The molecule has 6 rings (SSSR count). The highest BCUT2D eigenvalue weighted by molar-refractivity contribution is 8.18. The predicted octanol–water partition coefficient (Wildman–Crippen LogP) is 4.70. The van der Waals surface area contributed by atoms with Crippen LogP contribution in [-0.2, 0) is 9.53 Å². The highest BCUT2D eigenvalue weighted by Gasteiger charge is 2.64. The molecule has 0 saturated carbocycles. The molecular formula is C19H16ClNO2S2. The summed E-state index contributed by atoms with van der Waals surface area (Å²) in [6.45, 7) is 0.766. The van der Waals surface area contributed by atoms with Crippen LogP contribution in [0.5, 0.6) is 0 Å². The first-order valence-electron chi connectivity index (χ1n) is 8.29. The van der Waals surface area contributed by atoms with Crippen LogP contribution in [0.3, 0.4) is 0 Å². The fraction of sp³-hybridized carbons (Fsp3) is 0.316. The van der Waals surface area contributed by atoms with E-state index in [1.807, 2.05) is 47.4 Å². The Bertz CT molecular complexity index is 816. The van der Waals surface area contributed by atoms with Crippen LogP contribution in [-0.4, -0.2) is 27.5 Å². The molecule has 4 aliphatic heterocycles. The van der Waals surface area contributed by atoms with E-state index in [-0.39, 0.29) is 23.2 Å². The number of carbonyl (C=O) groups is 1. The summed E-state index contributed by atoms with van der Waals surface area (Å²) in [5, 5.41) is 0.796. The van der Waals surface area contributed by atoms with E-state index in [0.717, 1.165) is 17.9 Å². The third-order valence-electron chi connectivity index (χ3n) is 5.01. The van der Waals surface area contributed by atoms with Gasteiger partial charge < -0.3 is 4.74 Å². The molecule has 0 radical (unpaired) electrons. The second-order valence-corrected chi connectivity index (χ2v) is 9.67. The van der Waals surface area contributed by atoms with Gasteiger partial charge in [-0.05, 0) is 23.3 Å². The Labute approximate surface area is 160 Å². The second-order valence-electron chi connectivity index (χ2n) is 6.43. The summed E-state index contributed by atoms with van der Waals surface area (Å²) in [7, 11) is 0. The largest absolute Gasteiger partial charge is 0.329 e. The van der Waals surface area contributed by atoms with Crippen LogP contribution in [0.4, 0.5) is 0 Å². The van der Waals surface area contributed by atoms with Gasteiger partial charge >= 0.3 is 0 Å². The summed E-state index contributed by atoms with van der Waals surface area (Å²) < 4.78 is 5.93. The minimum Gasteiger partial charge on any atom is -0.329 e. The number of thioether (sulfide) groups is 2. The quantitative estimate of drug-likeness (QED) is 0.744. The number of amides is 1. The molecule has 0 aromatic heterocycles. The normalized spacial score (nSPS) is 33.6. The van der Waals surface area contributed by atoms with E-state index in [1.54, 1.807) is 23.5 Å². The van der Waals surface area contributed by atoms with E-state index in [0.29, 0.717) is 5.02 Å². The van der Waals surface area contributed by atoms with Crippen molar-refractivity contribution in [1.82, 2.24) is 4.90 Å². The molecule has 0 unspecified atom stereocenters. The lowest BCUT2D eigenvalue weighted by atomic mass is 9.86. The number of halogens is 1. The first kappa shape index (κ1) is 16.1. The summed E-state index contributed by atoms with van der Waals surface area (Å²) in [4.78, 5) is 15.2. The first-order chi connectivity index (χ1) is 12.2. The second kappa shape index (κ2) is 5.95. The summed E-state index contributed by atoms with van der Waals surface area (Å²) in [6.07, 6.45) is -0.238. The molecule has 25 heavy (non-hydrogen) atoms. The van der Waals surface area contributed by atoms with Crippen molar-refractivity contribution in [3.63, 3.8) is 0 Å². The van der Waals surface area contributed by atoms with Crippen LogP contribution in [0.2, 0.25) is 5.02 Å². The van der Waals surface area contributed by atoms with Gasteiger partial charge in [-0.15, -0.1) is 0 Å². The average Bonchev–Trinajstić information content (AvgIpc) is 3.07. The molecule has 2 aromatic rings. The monoisotopic (exact) mass is 389 g/mol. The molecule has 4 saturated heterocycles. The first-order valence-corrected chi connectivity index (χ1v) is 10.5. The van der Waals surface area contributed by atoms with E-state index in [2.05, 4.69) is 12.1 Å². The van der Waals surface area contributed by atoms with Gasteiger partial charge in [0.15, 0.2) is 0 Å². The molecule has 128 valence electrons. The minimum absolute atomic E-state index is 0.102. The summed E-state index contributed by atoms with van der Waals surface area (Å²) >= 11 is 9.56. The molecule has 2 bridgehead atoms. The Morgan fingerprint density at radius 2 is 1.84 bits per heavy atom. The van der Waals surface area contributed by atoms with Gasteiger partial charge in [0.05, 0.1) is 5.92 Å². The van der Waals surface area contributed by atoms with Crippen LogP contribution in [0.15, 0.2) is 54.6 Å². The fourth-order valence-electron chi connectivity index (χ4n) is 3.86. The molecule has 1 spiro atoms. The molecule has 4 aliphatic rings. The predicted molar refractivity (Wildman–Crippen MR) is 102 cm³/mol. The zero-order chi connectivity index (χ0) is 17.0. The van der Waals surface area contributed by atoms with Crippen molar-refractivity contribution in [2.75, 3.05) is 12.3 Å². The molecule has 0 aliphatic carbocycles. The van der Waals surface area contributed by atoms with Crippen molar-refractivity contribution >= 4 is 41.0 Å². The van der Waals surface area contributed by atoms with Gasteiger partial charge in [-0.2, -0.15) is 0 Å². The Hall–Kier alpha value is -1.14. The Morgan fingerprint density at radius 3 is 2.60 bits per heavy atom. The van der Waals surface area contributed by atoms with Crippen molar-refractivity contribution in [2.45, 2.75) is 15.7 Å². The molecule has 0 N–H and O–H groups in total. The number of benzene rings is 2. The van der Waals surface area contributed by atoms with Crippen LogP contribution < -0.4 is 0 Å². The summed E-state index contributed by atoms with van der Waals surface area (Å²) in [6, 6.07) is 18.0. The average molecular weight is 390 g/mol. The smallest absolute Gasteiger partial charge is 0.243 e. The van der Waals surface area contributed by atoms with Gasteiger partial charge in [0.25, 0.3) is 0 Å². The zero-order valence-corrected chi connectivity index (χ0v) is 15.7. The van der Waals surface area contributed by atoms with E-state index in [1.165, 1.54) is 5.56 Å². The van der Waals surface area contributed by atoms with Crippen molar-refractivity contribution in [1.29, 1.82) is 0 Å². The van der Waals surface area contributed by atoms with Crippen LogP contribution in [0.1, 0.15) is 22.5 Å².